The first-order valence-corrected chi connectivity index (χ1v) is 13.3. The van der Waals surface area contributed by atoms with Gasteiger partial charge in [0, 0.05) is 22.6 Å². The van der Waals surface area contributed by atoms with Crippen LogP contribution in [0, 0.1) is 34.5 Å². The van der Waals surface area contributed by atoms with Gasteiger partial charge in [-0.25, -0.2) is 0 Å². The number of ketones is 1. The van der Waals surface area contributed by atoms with Gasteiger partial charge in [0.2, 0.25) is 0 Å². The van der Waals surface area contributed by atoms with Crippen molar-refractivity contribution in [3.63, 3.8) is 0 Å². The highest BCUT2D eigenvalue weighted by atomic mass is 32.2. The van der Waals surface area contributed by atoms with Gasteiger partial charge in [0.15, 0.2) is 5.78 Å². The van der Waals surface area contributed by atoms with Crippen LogP contribution in [-0.4, -0.2) is 22.2 Å². The maximum atomic E-state index is 13.1. The van der Waals surface area contributed by atoms with Gasteiger partial charge < -0.3 is 5.11 Å². The molecule has 0 saturated heterocycles. The summed E-state index contributed by atoms with van der Waals surface area (Å²) in [6.07, 6.45) is 7.24. The highest BCUT2D eigenvalue weighted by molar-refractivity contribution is 7.99. The molecule has 0 aromatic heterocycles. The average Bonchev–Trinajstić information content (AvgIpc) is 2.99. The first-order valence-electron chi connectivity index (χ1n) is 12.3. The third-order valence-corrected chi connectivity index (χ3v) is 11.3. The van der Waals surface area contributed by atoms with Crippen LogP contribution in [0.3, 0.4) is 0 Å². The monoisotopic (exact) mass is 438 g/mol. The molecule has 1 aromatic rings. The quantitative estimate of drug-likeness (QED) is 0.535. The zero-order valence-electron chi connectivity index (χ0n) is 19.6. The molecule has 0 amide bonds. The van der Waals surface area contributed by atoms with E-state index in [1.807, 2.05) is 11.8 Å². The molecule has 4 aliphatic carbocycles. The number of fused-ring (bicyclic) bond motifs is 5. The standard InChI is InChI=1S/C28H38O2S/c1-18-16-23-20(17-31-19-8-6-5-7-9-19)24(29)12-13-26(23,2)21-10-14-27(3)22(25(18)21)11-15-28(27,4)30/h5-9,18,21-22,25,30H,10-17H2,1-4H3/t18?,21-,22+,25-,26-,27+,28?/m1/s1. The van der Waals surface area contributed by atoms with Crippen LogP contribution >= 0.6 is 11.8 Å². The molecule has 0 radical (unpaired) electrons. The summed E-state index contributed by atoms with van der Waals surface area (Å²) in [5, 5.41) is 11.2. The van der Waals surface area contributed by atoms with E-state index in [0.29, 0.717) is 35.9 Å². The van der Waals surface area contributed by atoms with Crippen LogP contribution in [0.1, 0.15) is 72.6 Å². The van der Waals surface area contributed by atoms with Crippen LogP contribution in [0.2, 0.25) is 0 Å². The lowest BCUT2D eigenvalue weighted by molar-refractivity contribution is -0.133. The molecule has 0 aliphatic heterocycles. The Morgan fingerprint density at radius 3 is 2.48 bits per heavy atom. The zero-order valence-corrected chi connectivity index (χ0v) is 20.4. The Hall–Kier alpha value is -1.06. The van der Waals surface area contributed by atoms with Gasteiger partial charge in [-0.1, -0.05) is 44.5 Å². The second-order valence-corrected chi connectivity index (χ2v) is 12.7. The molecule has 5 rings (SSSR count). The van der Waals surface area contributed by atoms with Crippen molar-refractivity contribution in [1.29, 1.82) is 0 Å². The van der Waals surface area contributed by atoms with Crippen molar-refractivity contribution in [3.05, 3.63) is 41.5 Å². The molecule has 4 aliphatic rings. The van der Waals surface area contributed by atoms with Crippen molar-refractivity contribution in [2.24, 2.45) is 34.5 Å². The number of thioether (sulfide) groups is 1. The zero-order chi connectivity index (χ0) is 22.0. The van der Waals surface area contributed by atoms with Gasteiger partial charge in [-0.2, -0.15) is 0 Å². The number of carbonyl (C=O) groups is 1. The van der Waals surface area contributed by atoms with E-state index in [2.05, 4.69) is 58.0 Å². The summed E-state index contributed by atoms with van der Waals surface area (Å²) < 4.78 is 0. The van der Waals surface area contributed by atoms with Crippen molar-refractivity contribution in [3.8, 4) is 0 Å². The summed E-state index contributed by atoms with van der Waals surface area (Å²) in [6, 6.07) is 10.5. The number of Topliss-reactive ketones (excluding diaryl/α,β-unsaturated/α-hetero) is 1. The molecule has 1 N–H and O–H groups in total. The van der Waals surface area contributed by atoms with E-state index in [0.717, 1.165) is 37.0 Å². The molecule has 0 heterocycles. The topological polar surface area (TPSA) is 37.3 Å². The molecule has 31 heavy (non-hydrogen) atoms. The molecule has 1 aromatic carbocycles. The molecule has 2 unspecified atom stereocenters. The lowest BCUT2D eigenvalue weighted by atomic mass is 9.44. The van der Waals surface area contributed by atoms with Crippen molar-refractivity contribution in [2.45, 2.75) is 83.1 Å². The molecular weight excluding hydrogens is 400 g/mol. The minimum Gasteiger partial charge on any atom is -0.390 e. The molecular formula is C28H38O2S. The van der Waals surface area contributed by atoms with Gasteiger partial charge in [-0.15, -0.1) is 11.8 Å². The maximum absolute atomic E-state index is 13.1. The van der Waals surface area contributed by atoms with E-state index in [1.165, 1.54) is 23.3 Å². The van der Waals surface area contributed by atoms with Crippen molar-refractivity contribution in [2.75, 3.05) is 5.75 Å². The van der Waals surface area contributed by atoms with E-state index in [9.17, 15) is 9.90 Å². The predicted octanol–water partition coefficient (Wildman–Crippen LogP) is 6.68. The molecule has 3 heteroatoms. The highest BCUT2D eigenvalue weighted by Crippen LogP contribution is 2.69. The first-order chi connectivity index (χ1) is 14.7. The van der Waals surface area contributed by atoms with Gasteiger partial charge >= 0.3 is 0 Å². The van der Waals surface area contributed by atoms with Gasteiger partial charge in [0.25, 0.3) is 0 Å². The normalized spacial score (nSPS) is 44.6. The van der Waals surface area contributed by atoms with Gasteiger partial charge in [0.1, 0.15) is 0 Å². The number of allylic oxidation sites excluding steroid dienone is 1. The van der Waals surface area contributed by atoms with E-state index in [-0.39, 0.29) is 10.8 Å². The summed E-state index contributed by atoms with van der Waals surface area (Å²) in [6.45, 7) is 9.38. The van der Waals surface area contributed by atoms with Crippen LogP contribution in [0.15, 0.2) is 46.4 Å². The molecule has 3 saturated carbocycles. The number of hydrogen-bond acceptors (Lipinski definition) is 3. The van der Waals surface area contributed by atoms with E-state index < -0.39 is 5.60 Å². The van der Waals surface area contributed by atoms with Gasteiger partial charge in [-0.05, 0) is 92.1 Å². The molecule has 2 nitrogen and oxygen atoms in total. The first kappa shape index (κ1) is 21.8. The van der Waals surface area contributed by atoms with Crippen molar-refractivity contribution < 1.29 is 9.90 Å². The Morgan fingerprint density at radius 2 is 1.74 bits per heavy atom. The summed E-state index contributed by atoms with van der Waals surface area (Å²) >= 11 is 1.82. The Kier molecular flexibility index (Phi) is 5.26. The molecule has 7 atom stereocenters. The highest BCUT2D eigenvalue weighted by Gasteiger charge is 2.64. The van der Waals surface area contributed by atoms with Gasteiger partial charge in [0.05, 0.1) is 5.60 Å². The van der Waals surface area contributed by atoms with Crippen LogP contribution < -0.4 is 0 Å². The smallest absolute Gasteiger partial charge is 0.159 e. The third-order valence-electron chi connectivity index (χ3n) is 10.3. The third kappa shape index (κ3) is 3.21. The summed E-state index contributed by atoms with van der Waals surface area (Å²) in [5.41, 5.74) is 2.32. The van der Waals surface area contributed by atoms with Crippen molar-refractivity contribution in [1.82, 2.24) is 0 Å². The number of carbonyl (C=O) groups excluding carboxylic acids is 1. The van der Waals surface area contributed by atoms with Crippen molar-refractivity contribution >= 4 is 17.5 Å². The molecule has 3 fully saturated rings. The second-order valence-electron chi connectivity index (χ2n) is 11.6. The molecule has 0 bridgehead atoms. The molecule has 168 valence electrons. The largest absolute Gasteiger partial charge is 0.390 e. The number of hydrogen-bond donors (Lipinski definition) is 1. The lowest BCUT2D eigenvalue weighted by Gasteiger charge is -2.61. The van der Waals surface area contributed by atoms with Crippen LogP contribution in [0.5, 0.6) is 0 Å². The summed E-state index contributed by atoms with van der Waals surface area (Å²) in [4.78, 5) is 14.3. The fourth-order valence-corrected chi connectivity index (χ4v) is 9.22. The Morgan fingerprint density at radius 1 is 1.03 bits per heavy atom. The average molecular weight is 439 g/mol. The van der Waals surface area contributed by atoms with Crippen LogP contribution in [0.4, 0.5) is 0 Å². The number of rotatable bonds is 3. The number of aliphatic hydroxyl groups is 1. The minimum atomic E-state index is -0.528. The fourth-order valence-electron chi connectivity index (χ4n) is 8.23. The summed E-state index contributed by atoms with van der Waals surface area (Å²) in [7, 11) is 0. The minimum absolute atomic E-state index is 0.0521. The predicted molar refractivity (Wildman–Crippen MR) is 128 cm³/mol. The maximum Gasteiger partial charge on any atom is 0.159 e. The Balaban J connectivity index is 1.49. The van der Waals surface area contributed by atoms with E-state index in [1.54, 1.807) is 0 Å². The van der Waals surface area contributed by atoms with Gasteiger partial charge in [-0.3, -0.25) is 4.79 Å². The fraction of sp³-hybridized carbons (Fsp3) is 0.679. The Labute approximate surface area is 192 Å². The Bertz CT molecular complexity index is 903. The summed E-state index contributed by atoms with van der Waals surface area (Å²) in [5.74, 6) is 3.75. The second kappa shape index (κ2) is 7.48. The van der Waals surface area contributed by atoms with Crippen LogP contribution in [0.25, 0.3) is 0 Å². The SMILES string of the molecule is CC1CC2=C(CSc3ccccc3)C(=O)CC[C@]2(C)[C@@H]2CC[C@@]3(C)[C@@H](CCC3(C)O)[C@H]12. The molecule has 0 spiro atoms. The van der Waals surface area contributed by atoms with E-state index >= 15 is 0 Å². The van der Waals surface area contributed by atoms with Crippen LogP contribution in [-0.2, 0) is 4.79 Å². The number of benzene rings is 1. The van der Waals surface area contributed by atoms with E-state index in [4.69, 9.17) is 0 Å². The lowest BCUT2D eigenvalue weighted by Crippen LogP contribution is -2.56.